The van der Waals surface area contributed by atoms with E-state index in [0.29, 0.717) is 42.2 Å². The Kier molecular flexibility index (Phi) is 7.91. The standard InChI is InChI=1S/C31H34F3N5O4S/c1-4-11-43-29(42)30(3)13-18(14-30)39-10-8-22-25(39)31(33,34)16-38(22)15-21-23(28(40)41)24(19-6-5-7-20(32)17(19)2)37-26(36-21)27-35-9-12-44-27/h4-7,9,12,18,22,24-25H,1,8,10-11,13-16H2,2-3H3,(H,36,37)(H,40,41)/t18?,22?,24-,25?,30?/m0/s1. The fraction of sp³-hybridized carbons (Fsp3) is 0.484. The molecule has 9 nitrogen and oxygen atoms in total. The molecule has 0 bridgehead atoms. The van der Waals surface area contributed by atoms with E-state index in [9.17, 15) is 19.1 Å². The molecule has 0 spiro atoms. The number of benzene rings is 1. The number of carboxylic acid groups (broad SMARTS) is 1. The van der Waals surface area contributed by atoms with Crippen LogP contribution < -0.4 is 5.32 Å². The third-order valence-electron chi connectivity index (χ3n) is 9.34. The van der Waals surface area contributed by atoms with Crippen LogP contribution in [0.25, 0.3) is 0 Å². The summed E-state index contributed by atoms with van der Waals surface area (Å²) in [5, 5.41) is 15.7. The molecule has 0 radical (unpaired) electrons. The zero-order chi connectivity index (χ0) is 31.4. The number of amidine groups is 1. The number of fused-ring (bicyclic) bond motifs is 1. The predicted octanol–water partition coefficient (Wildman–Crippen LogP) is 4.31. The number of rotatable bonds is 9. The molecule has 4 heterocycles. The van der Waals surface area contributed by atoms with Crippen LogP contribution in [0.2, 0.25) is 0 Å². The predicted molar refractivity (Wildman–Crippen MR) is 158 cm³/mol. The number of esters is 1. The highest BCUT2D eigenvalue weighted by molar-refractivity contribution is 7.11. The average molecular weight is 630 g/mol. The van der Waals surface area contributed by atoms with Gasteiger partial charge in [0.15, 0.2) is 10.8 Å². The second-order valence-corrected chi connectivity index (χ2v) is 13.1. The summed E-state index contributed by atoms with van der Waals surface area (Å²) < 4.78 is 51.4. The van der Waals surface area contributed by atoms with Crippen molar-refractivity contribution >= 4 is 29.1 Å². The Morgan fingerprint density at radius 2 is 2.09 bits per heavy atom. The summed E-state index contributed by atoms with van der Waals surface area (Å²) >= 11 is 1.30. The van der Waals surface area contributed by atoms with Crippen LogP contribution in [0, 0.1) is 18.2 Å². The molecule has 1 aromatic carbocycles. The molecular formula is C31H34F3N5O4S. The second kappa shape index (κ2) is 11.4. The zero-order valence-electron chi connectivity index (χ0n) is 24.4. The van der Waals surface area contributed by atoms with Gasteiger partial charge in [-0.3, -0.25) is 19.6 Å². The van der Waals surface area contributed by atoms with Crippen molar-refractivity contribution in [2.24, 2.45) is 10.4 Å². The van der Waals surface area contributed by atoms with Gasteiger partial charge in [0.1, 0.15) is 18.5 Å². The maximum Gasteiger partial charge on any atom is 0.335 e. The zero-order valence-corrected chi connectivity index (χ0v) is 25.2. The lowest BCUT2D eigenvalue weighted by atomic mass is 9.66. The van der Waals surface area contributed by atoms with Gasteiger partial charge in [0.05, 0.1) is 23.6 Å². The van der Waals surface area contributed by atoms with Crippen LogP contribution in [-0.4, -0.2) is 88.0 Å². The topological polar surface area (TPSA) is 107 Å². The Morgan fingerprint density at radius 1 is 1.32 bits per heavy atom. The van der Waals surface area contributed by atoms with E-state index in [1.54, 1.807) is 36.4 Å². The Morgan fingerprint density at radius 3 is 2.77 bits per heavy atom. The number of aromatic nitrogens is 1. The maximum absolute atomic E-state index is 15.8. The van der Waals surface area contributed by atoms with Crippen molar-refractivity contribution in [2.75, 3.05) is 26.2 Å². The molecule has 4 aliphatic rings. The molecule has 2 saturated heterocycles. The van der Waals surface area contributed by atoms with Crippen molar-refractivity contribution < 1.29 is 32.6 Å². The number of alkyl halides is 2. The summed E-state index contributed by atoms with van der Waals surface area (Å²) in [5.74, 6) is -4.86. The number of carbonyl (C=O) groups excluding carboxylic acids is 1. The fourth-order valence-corrected chi connectivity index (χ4v) is 7.82. The van der Waals surface area contributed by atoms with Gasteiger partial charge in [-0.05, 0) is 50.3 Å². The monoisotopic (exact) mass is 629 g/mol. The highest BCUT2D eigenvalue weighted by atomic mass is 32.1. The Labute approximate surface area is 257 Å². The first-order valence-corrected chi connectivity index (χ1v) is 15.4. The van der Waals surface area contributed by atoms with Gasteiger partial charge in [-0.25, -0.2) is 22.9 Å². The van der Waals surface area contributed by atoms with Gasteiger partial charge in [-0.1, -0.05) is 24.8 Å². The van der Waals surface area contributed by atoms with Crippen molar-refractivity contribution in [1.82, 2.24) is 20.1 Å². The molecule has 1 aliphatic carbocycles. The summed E-state index contributed by atoms with van der Waals surface area (Å²) in [6, 6.07) is 1.60. The number of ether oxygens (including phenoxy) is 1. The number of carboxylic acids is 1. The first-order valence-electron chi connectivity index (χ1n) is 14.6. The van der Waals surface area contributed by atoms with Crippen molar-refractivity contribution in [2.45, 2.75) is 63.2 Å². The number of aliphatic carboxylic acids is 1. The van der Waals surface area contributed by atoms with Gasteiger partial charge in [0, 0.05) is 42.4 Å². The molecule has 2 unspecified atom stereocenters. The van der Waals surface area contributed by atoms with Gasteiger partial charge in [-0.15, -0.1) is 11.3 Å². The molecule has 1 aromatic heterocycles. The maximum atomic E-state index is 15.8. The van der Waals surface area contributed by atoms with E-state index in [4.69, 9.17) is 4.74 Å². The van der Waals surface area contributed by atoms with Crippen LogP contribution in [0.5, 0.6) is 0 Å². The smallest absolute Gasteiger partial charge is 0.335 e. The lowest BCUT2D eigenvalue weighted by Crippen LogP contribution is -2.58. The van der Waals surface area contributed by atoms with Crippen LogP contribution in [-0.2, 0) is 14.3 Å². The van der Waals surface area contributed by atoms with E-state index in [-0.39, 0.29) is 42.0 Å². The highest BCUT2D eigenvalue weighted by Crippen LogP contribution is 2.50. The molecule has 13 heteroatoms. The van der Waals surface area contributed by atoms with Gasteiger partial charge in [-0.2, -0.15) is 0 Å². The van der Waals surface area contributed by atoms with E-state index in [1.807, 2.05) is 4.90 Å². The van der Waals surface area contributed by atoms with Gasteiger partial charge < -0.3 is 15.2 Å². The van der Waals surface area contributed by atoms with Crippen LogP contribution in [0.4, 0.5) is 13.2 Å². The number of hydrogen-bond donors (Lipinski definition) is 2. The Balaban J connectivity index is 1.28. The number of halogens is 3. The van der Waals surface area contributed by atoms with E-state index < -0.39 is 47.8 Å². The van der Waals surface area contributed by atoms with E-state index in [0.717, 1.165) is 0 Å². The molecular weight excluding hydrogens is 595 g/mol. The second-order valence-electron chi connectivity index (χ2n) is 12.2. The van der Waals surface area contributed by atoms with Gasteiger partial charge >= 0.3 is 11.9 Å². The minimum atomic E-state index is -3.06. The molecule has 234 valence electrons. The Hall–Kier alpha value is -3.55. The molecule has 3 fully saturated rings. The number of nitrogens with one attached hydrogen (secondary N) is 1. The highest BCUT2D eigenvalue weighted by Gasteiger charge is 2.63. The summed E-state index contributed by atoms with van der Waals surface area (Å²) in [4.78, 5) is 37.7. The molecule has 2 N–H and O–H groups in total. The van der Waals surface area contributed by atoms with E-state index >= 15 is 8.78 Å². The normalized spacial score (nSPS) is 29.9. The summed E-state index contributed by atoms with van der Waals surface area (Å²) in [7, 11) is 0. The number of nitrogens with zero attached hydrogens (tertiary/aromatic N) is 4. The van der Waals surface area contributed by atoms with Crippen molar-refractivity contribution in [3.8, 4) is 0 Å². The van der Waals surface area contributed by atoms with Gasteiger partial charge in [0.2, 0.25) is 0 Å². The number of hydrogen-bond acceptors (Lipinski definition) is 9. The fourth-order valence-electron chi connectivity index (χ4n) is 7.23. The average Bonchev–Trinajstić information content (AvgIpc) is 3.70. The lowest BCUT2D eigenvalue weighted by molar-refractivity contribution is -0.165. The third kappa shape index (κ3) is 5.24. The van der Waals surface area contributed by atoms with Crippen LogP contribution in [0.3, 0.4) is 0 Å². The number of carbonyl (C=O) groups is 2. The van der Waals surface area contributed by atoms with Crippen molar-refractivity contribution in [3.05, 3.63) is 75.7 Å². The third-order valence-corrected chi connectivity index (χ3v) is 10.1. The molecule has 6 rings (SSSR count). The minimum Gasteiger partial charge on any atom is -0.478 e. The largest absolute Gasteiger partial charge is 0.478 e. The first kappa shape index (κ1) is 30.5. The summed E-state index contributed by atoms with van der Waals surface area (Å²) in [6.45, 7) is 6.84. The van der Waals surface area contributed by atoms with Crippen LogP contribution in [0.15, 0.2) is 58.7 Å². The molecule has 1 saturated carbocycles. The lowest BCUT2D eigenvalue weighted by Gasteiger charge is -2.49. The van der Waals surface area contributed by atoms with Crippen molar-refractivity contribution in [3.63, 3.8) is 0 Å². The number of aliphatic imine (C=N–C) groups is 1. The molecule has 3 aliphatic heterocycles. The molecule has 0 amide bonds. The number of thiazole rings is 1. The Bertz CT molecular complexity index is 1540. The quantitative estimate of drug-likeness (QED) is 0.312. The summed E-state index contributed by atoms with van der Waals surface area (Å²) in [5.41, 5.74) is 0.0322. The van der Waals surface area contributed by atoms with Crippen LogP contribution >= 0.6 is 11.3 Å². The van der Waals surface area contributed by atoms with E-state index in [1.165, 1.54) is 29.5 Å². The van der Waals surface area contributed by atoms with E-state index in [2.05, 4.69) is 21.9 Å². The minimum absolute atomic E-state index is 0.0856. The summed E-state index contributed by atoms with van der Waals surface area (Å²) in [6.07, 6.45) is 4.42. The van der Waals surface area contributed by atoms with Crippen molar-refractivity contribution in [1.29, 1.82) is 0 Å². The van der Waals surface area contributed by atoms with Gasteiger partial charge in [0.25, 0.3) is 5.92 Å². The molecule has 44 heavy (non-hydrogen) atoms. The molecule has 2 aromatic rings. The molecule has 3 atom stereocenters. The van der Waals surface area contributed by atoms with Crippen LogP contribution in [0.1, 0.15) is 48.4 Å². The SMILES string of the molecule is C=CCOC(=O)C1(C)CC(N2CCC3C2C(F)(F)CN3CC2=C(C(=O)O)[C@H](c3cccc(F)c3C)N=C(c3nccs3)N2)C1. The number of likely N-dealkylation sites (tertiary alicyclic amines) is 2. The first-order chi connectivity index (χ1) is 20.9.